The van der Waals surface area contributed by atoms with Crippen molar-refractivity contribution in [3.05, 3.63) is 53.8 Å². The molecule has 0 amide bonds. The number of ether oxygens (including phenoxy) is 1. The second-order valence-electron chi connectivity index (χ2n) is 8.19. The van der Waals surface area contributed by atoms with E-state index in [0.29, 0.717) is 5.75 Å². The van der Waals surface area contributed by atoms with Crippen LogP contribution in [0.15, 0.2) is 42.5 Å². The fraction of sp³-hybridized carbons (Fsp3) is 0.455. The first-order chi connectivity index (χ1) is 13.6. The summed E-state index contributed by atoms with van der Waals surface area (Å²) in [5, 5.41) is 0. The highest BCUT2D eigenvalue weighted by Crippen LogP contribution is 2.37. The standard InChI is InChI=1S/C22H29BFNO3S/c1-7-29-25-19-13-10-17(23-27-21(3,4)22(5,6)28-23)14-20(19)26-15(2)16-8-11-18(24)12-9-16/h8-15,25H,7H2,1-6H3. The SMILES string of the molecule is CCSNc1ccc(B2OC(C)(C)C(C)(C)O2)cc1OC(C)c1ccc(F)cc1. The van der Waals surface area contributed by atoms with Crippen molar-refractivity contribution in [1.29, 1.82) is 0 Å². The molecule has 4 nitrogen and oxygen atoms in total. The molecule has 1 fully saturated rings. The molecule has 1 atom stereocenters. The van der Waals surface area contributed by atoms with Crippen molar-refractivity contribution >= 4 is 30.2 Å². The Balaban J connectivity index is 1.87. The summed E-state index contributed by atoms with van der Waals surface area (Å²) in [5.41, 5.74) is 1.87. The summed E-state index contributed by atoms with van der Waals surface area (Å²) in [7, 11) is -0.462. The molecule has 0 spiro atoms. The van der Waals surface area contributed by atoms with E-state index in [9.17, 15) is 4.39 Å². The second-order valence-corrected chi connectivity index (χ2v) is 9.26. The molecule has 0 bridgehead atoms. The average molecular weight is 417 g/mol. The van der Waals surface area contributed by atoms with E-state index in [2.05, 4.69) is 11.6 Å². The molecule has 1 heterocycles. The highest BCUT2D eigenvalue weighted by Gasteiger charge is 2.51. The largest absolute Gasteiger partial charge is 0.494 e. The quantitative estimate of drug-likeness (QED) is 0.486. The van der Waals surface area contributed by atoms with Crippen LogP contribution >= 0.6 is 11.9 Å². The van der Waals surface area contributed by atoms with Crippen LogP contribution in [-0.4, -0.2) is 24.1 Å². The second kappa shape index (κ2) is 8.58. The van der Waals surface area contributed by atoms with Gasteiger partial charge in [-0.1, -0.05) is 37.1 Å². The Labute approximate surface area is 177 Å². The first kappa shape index (κ1) is 22.0. The average Bonchev–Trinajstić information content (AvgIpc) is 2.88. The van der Waals surface area contributed by atoms with Crippen LogP contribution in [0.1, 0.15) is 53.2 Å². The molecule has 3 rings (SSSR count). The molecule has 0 aliphatic carbocycles. The first-order valence-electron chi connectivity index (χ1n) is 9.92. The summed E-state index contributed by atoms with van der Waals surface area (Å²) in [5.74, 6) is 1.37. The van der Waals surface area contributed by atoms with E-state index < -0.39 is 18.3 Å². The monoisotopic (exact) mass is 417 g/mol. The van der Waals surface area contributed by atoms with Gasteiger partial charge in [0.05, 0.1) is 16.9 Å². The zero-order valence-corrected chi connectivity index (χ0v) is 18.7. The van der Waals surface area contributed by atoms with Gasteiger partial charge in [-0.3, -0.25) is 0 Å². The summed E-state index contributed by atoms with van der Waals surface area (Å²) >= 11 is 1.60. The lowest BCUT2D eigenvalue weighted by molar-refractivity contribution is 0.00578. The minimum absolute atomic E-state index is 0.240. The van der Waals surface area contributed by atoms with E-state index >= 15 is 0 Å². The molecule has 2 aromatic carbocycles. The van der Waals surface area contributed by atoms with Gasteiger partial charge < -0.3 is 18.8 Å². The van der Waals surface area contributed by atoms with Gasteiger partial charge in [0.2, 0.25) is 0 Å². The van der Waals surface area contributed by atoms with Gasteiger partial charge in [0.15, 0.2) is 0 Å². The maximum atomic E-state index is 13.3. The molecule has 0 saturated carbocycles. The molecular formula is C22H29BFNO3S. The minimum atomic E-state index is -0.462. The third kappa shape index (κ3) is 4.90. The summed E-state index contributed by atoms with van der Waals surface area (Å²) in [6, 6.07) is 12.3. The van der Waals surface area contributed by atoms with Crippen LogP contribution in [0, 0.1) is 5.82 Å². The molecule has 1 aliphatic rings. The van der Waals surface area contributed by atoms with Crippen molar-refractivity contribution in [2.75, 3.05) is 10.5 Å². The summed E-state index contributed by atoms with van der Waals surface area (Å²) in [6.07, 6.45) is -0.240. The van der Waals surface area contributed by atoms with Gasteiger partial charge in [0.25, 0.3) is 0 Å². The molecule has 2 aromatic rings. The zero-order valence-electron chi connectivity index (χ0n) is 17.9. The van der Waals surface area contributed by atoms with Crippen molar-refractivity contribution in [2.24, 2.45) is 0 Å². The van der Waals surface area contributed by atoms with Gasteiger partial charge in [0.1, 0.15) is 17.7 Å². The topological polar surface area (TPSA) is 39.7 Å². The van der Waals surface area contributed by atoms with E-state index in [1.165, 1.54) is 12.1 Å². The lowest BCUT2D eigenvalue weighted by Gasteiger charge is -2.32. The number of halogens is 1. The molecule has 0 radical (unpaired) electrons. The molecule has 1 saturated heterocycles. The lowest BCUT2D eigenvalue weighted by Crippen LogP contribution is -2.41. The van der Waals surface area contributed by atoms with Crippen LogP contribution < -0.4 is 14.9 Å². The van der Waals surface area contributed by atoms with E-state index in [-0.39, 0.29) is 11.9 Å². The summed E-state index contributed by atoms with van der Waals surface area (Å²) in [6.45, 7) is 12.2. The normalized spacial score (nSPS) is 18.5. The van der Waals surface area contributed by atoms with E-state index in [0.717, 1.165) is 22.5 Å². The van der Waals surface area contributed by atoms with Crippen molar-refractivity contribution in [3.8, 4) is 5.75 Å². The van der Waals surface area contributed by atoms with Crippen LogP contribution in [0.5, 0.6) is 5.75 Å². The molecule has 7 heteroatoms. The van der Waals surface area contributed by atoms with Gasteiger partial charge in [-0.15, -0.1) is 0 Å². The zero-order chi connectivity index (χ0) is 21.2. The molecule has 29 heavy (non-hydrogen) atoms. The fourth-order valence-electron chi connectivity index (χ4n) is 2.99. The van der Waals surface area contributed by atoms with Crippen molar-refractivity contribution in [3.63, 3.8) is 0 Å². The van der Waals surface area contributed by atoms with E-state index in [1.54, 1.807) is 24.1 Å². The molecule has 156 valence electrons. The van der Waals surface area contributed by atoms with Crippen molar-refractivity contribution < 1.29 is 18.4 Å². The first-order valence-corrected chi connectivity index (χ1v) is 10.9. The predicted octanol–water partition coefficient (Wildman–Crippen LogP) is 5.34. The Morgan fingerprint density at radius 2 is 1.69 bits per heavy atom. The molecule has 1 aliphatic heterocycles. The van der Waals surface area contributed by atoms with Crippen LogP contribution in [-0.2, 0) is 9.31 Å². The Bertz CT molecular complexity index is 828. The maximum Gasteiger partial charge on any atom is 0.494 e. The highest BCUT2D eigenvalue weighted by molar-refractivity contribution is 8.00. The van der Waals surface area contributed by atoms with Crippen LogP contribution in [0.25, 0.3) is 0 Å². The number of nitrogens with one attached hydrogen (secondary N) is 1. The third-order valence-corrected chi connectivity index (χ3v) is 6.15. The van der Waals surface area contributed by atoms with E-state index in [4.69, 9.17) is 14.0 Å². The molecule has 1 unspecified atom stereocenters. The Hall–Kier alpha value is -1.70. The fourth-order valence-corrected chi connectivity index (χ4v) is 3.46. The maximum absolute atomic E-state index is 13.3. The van der Waals surface area contributed by atoms with Gasteiger partial charge in [-0.2, -0.15) is 0 Å². The van der Waals surface area contributed by atoms with E-state index in [1.807, 2.05) is 52.8 Å². The smallest absolute Gasteiger partial charge is 0.484 e. The Morgan fingerprint density at radius 1 is 1.07 bits per heavy atom. The van der Waals surface area contributed by atoms with Crippen molar-refractivity contribution in [2.45, 2.75) is 58.8 Å². The predicted molar refractivity (Wildman–Crippen MR) is 119 cm³/mol. The summed E-state index contributed by atoms with van der Waals surface area (Å²) in [4.78, 5) is 0. The number of anilines is 1. The molecule has 0 aromatic heterocycles. The van der Waals surface area contributed by atoms with Crippen molar-refractivity contribution in [1.82, 2.24) is 0 Å². The highest BCUT2D eigenvalue weighted by atomic mass is 32.2. The Kier molecular flexibility index (Phi) is 6.51. The van der Waals surface area contributed by atoms with Gasteiger partial charge >= 0.3 is 7.12 Å². The summed E-state index contributed by atoms with van der Waals surface area (Å²) < 4.78 is 35.2. The van der Waals surface area contributed by atoms with Gasteiger partial charge in [0, 0.05) is 5.75 Å². The molecular weight excluding hydrogens is 388 g/mol. The van der Waals surface area contributed by atoms with Gasteiger partial charge in [-0.05, 0) is 69.9 Å². The third-order valence-electron chi connectivity index (χ3n) is 5.50. The van der Waals surface area contributed by atoms with Crippen LogP contribution in [0.2, 0.25) is 0 Å². The number of rotatable bonds is 7. The number of benzene rings is 2. The minimum Gasteiger partial charge on any atom is -0.484 e. The molecule has 1 N–H and O–H groups in total. The van der Waals surface area contributed by atoms with Crippen LogP contribution in [0.3, 0.4) is 0 Å². The number of hydrogen-bond acceptors (Lipinski definition) is 5. The number of hydrogen-bond donors (Lipinski definition) is 1. The lowest BCUT2D eigenvalue weighted by atomic mass is 9.79. The Morgan fingerprint density at radius 3 is 2.28 bits per heavy atom. The van der Waals surface area contributed by atoms with Crippen LogP contribution in [0.4, 0.5) is 10.1 Å². The van der Waals surface area contributed by atoms with Gasteiger partial charge in [-0.25, -0.2) is 4.39 Å².